The fraction of sp³-hybridized carbons (Fsp3) is 0.385. The van der Waals surface area contributed by atoms with E-state index in [1.165, 1.54) is 5.01 Å². The van der Waals surface area contributed by atoms with E-state index in [0.29, 0.717) is 12.1 Å². The average molecular weight is 254 g/mol. The molecule has 1 fully saturated rings. The number of para-hydroxylation sites is 1. The van der Waals surface area contributed by atoms with E-state index in [1.807, 2.05) is 25.1 Å². The third-order valence-electron chi connectivity index (χ3n) is 2.85. The Hall–Kier alpha value is -0.840. The van der Waals surface area contributed by atoms with Gasteiger partial charge in [-0.1, -0.05) is 38.0 Å². The molecule has 0 saturated carbocycles. The molecule has 1 aliphatic heterocycles. The number of carbonyl (C=O) groups excluding carboxylic acids is 2. The summed E-state index contributed by atoms with van der Waals surface area (Å²) in [6.45, 7) is 2.04. The van der Waals surface area contributed by atoms with Crippen LogP contribution in [0.25, 0.3) is 5.43 Å². The van der Waals surface area contributed by atoms with Crippen LogP contribution < -0.4 is 34.6 Å². The van der Waals surface area contributed by atoms with Crippen LogP contribution >= 0.6 is 0 Å². The Kier molecular flexibility index (Phi) is 5.85. The number of carbonyl (C=O) groups is 2. The Morgan fingerprint density at radius 3 is 2.50 bits per heavy atom. The quantitative estimate of drug-likeness (QED) is 0.545. The van der Waals surface area contributed by atoms with Gasteiger partial charge in [0, 0.05) is 5.69 Å². The Morgan fingerprint density at radius 2 is 1.89 bits per heavy atom. The first-order valence-electron chi connectivity index (χ1n) is 5.88. The Balaban J connectivity index is 0.00000162. The molecular weight excluding hydrogens is 239 g/mol. The van der Waals surface area contributed by atoms with E-state index in [2.05, 4.69) is 5.43 Å². The van der Waals surface area contributed by atoms with Gasteiger partial charge in [0.1, 0.15) is 0 Å². The zero-order valence-electron chi connectivity index (χ0n) is 10.8. The van der Waals surface area contributed by atoms with E-state index < -0.39 is 5.92 Å². The summed E-state index contributed by atoms with van der Waals surface area (Å²) in [6.07, 6.45) is 2.45. The van der Waals surface area contributed by atoms with Gasteiger partial charge in [0.25, 0.3) is 0 Å². The minimum absolute atomic E-state index is 0. The van der Waals surface area contributed by atoms with Crippen molar-refractivity contribution in [3.8, 4) is 0 Å². The summed E-state index contributed by atoms with van der Waals surface area (Å²) < 4.78 is 0. The van der Waals surface area contributed by atoms with Crippen molar-refractivity contribution in [2.24, 2.45) is 5.92 Å². The van der Waals surface area contributed by atoms with Crippen LogP contribution in [0.5, 0.6) is 0 Å². The summed E-state index contributed by atoms with van der Waals surface area (Å²) >= 11 is 0. The monoisotopic (exact) mass is 254 g/mol. The van der Waals surface area contributed by atoms with Gasteiger partial charge in [0.15, 0.2) is 0 Å². The first-order valence-corrected chi connectivity index (χ1v) is 5.88. The van der Waals surface area contributed by atoms with Gasteiger partial charge in [-0.15, -0.1) is 0 Å². The molecule has 90 valence electrons. The van der Waals surface area contributed by atoms with Gasteiger partial charge < -0.3 is 15.2 Å². The molecule has 18 heavy (non-hydrogen) atoms. The van der Waals surface area contributed by atoms with Gasteiger partial charge in [-0.2, -0.15) is 0 Å². The number of amides is 2. The molecule has 2 amide bonds. The molecule has 5 heteroatoms. The van der Waals surface area contributed by atoms with E-state index in [9.17, 15) is 9.59 Å². The zero-order valence-corrected chi connectivity index (χ0v) is 12.8. The van der Waals surface area contributed by atoms with Crippen molar-refractivity contribution in [2.45, 2.75) is 26.2 Å². The first-order chi connectivity index (χ1) is 8.24. The molecule has 2 rings (SSSR count). The largest absolute Gasteiger partial charge is 1.00 e. The maximum absolute atomic E-state index is 12.0. The van der Waals surface area contributed by atoms with Crippen molar-refractivity contribution in [1.82, 2.24) is 0 Å². The predicted molar refractivity (Wildman–Crippen MR) is 65.3 cm³/mol. The predicted octanol–water partition coefficient (Wildman–Crippen LogP) is -0.341. The van der Waals surface area contributed by atoms with E-state index in [4.69, 9.17) is 0 Å². The summed E-state index contributed by atoms with van der Waals surface area (Å²) in [5.41, 5.74) is 4.48. The Morgan fingerprint density at radius 1 is 1.22 bits per heavy atom. The van der Waals surface area contributed by atoms with Crippen molar-refractivity contribution in [1.29, 1.82) is 0 Å². The molecule has 1 aliphatic rings. The number of benzene rings is 1. The molecule has 1 heterocycles. The van der Waals surface area contributed by atoms with Crippen molar-refractivity contribution in [2.75, 3.05) is 5.01 Å². The van der Waals surface area contributed by atoms with E-state index in [1.54, 1.807) is 12.1 Å². The fourth-order valence-corrected chi connectivity index (χ4v) is 1.88. The number of nitrogens with zero attached hydrogens (tertiary/aromatic N) is 2. The number of unbranched alkanes of at least 4 members (excludes halogenated alkanes) is 1. The van der Waals surface area contributed by atoms with Gasteiger partial charge in [-0.25, -0.2) is 0 Å². The smallest absolute Gasteiger partial charge is 0.556 e. The molecule has 1 aromatic rings. The number of anilines is 1. The van der Waals surface area contributed by atoms with Crippen LogP contribution in [0.15, 0.2) is 30.3 Å². The van der Waals surface area contributed by atoms with Crippen LogP contribution in [0.3, 0.4) is 0 Å². The van der Waals surface area contributed by atoms with E-state index >= 15 is 0 Å². The molecule has 0 N–H and O–H groups in total. The first kappa shape index (κ1) is 15.2. The molecule has 1 unspecified atom stereocenters. The number of hydrogen-bond donors (Lipinski definition) is 0. The summed E-state index contributed by atoms with van der Waals surface area (Å²) in [6, 6.07) is 9.05. The number of hydrogen-bond acceptors (Lipinski definition) is 2. The third kappa shape index (κ3) is 3.13. The van der Waals surface area contributed by atoms with E-state index in [0.717, 1.165) is 12.8 Å². The molecule has 4 nitrogen and oxygen atoms in total. The van der Waals surface area contributed by atoms with Gasteiger partial charge >= 0.3 is 29.6 Å². The van der Waals surface area contributed by atoms with Crippen LogP contribution in [0.2, 0.25) is 0 Å². The topological polar surface area (TPSA) is 51.5 Å². The number of rotatable bonds is 4. The maximum Gasteiger partial charge on any atom is 1.00 e. The summed E-state index contributed by atoms with van der Waals surface area (Å²) in [5, 5.41) is 1.22. The van der Waals surface area contributed by atoms with Gasteiger partial charge in [0.2, 0.25) is 5.91 Å². The molecule has 0 radical (unpaired) electrons. The Bertz CT molecular complexity index is 422. The maximum atomic E-state index is 12.0. The average Bonchev–Trinajstić information content (AvgIpc) is 2.64. The minimum atomic E-state index is -0.574. The molecule has 0 aliphatic carbocycles. The molecule has 0 aromatic heterocycles. The standard InChI is InChI=1S/C13H16N2O2.Na/c1-2-3-9-11-12(16)14-15(13(11)17)10-7-5-4-6-8-10;/h4-8,11H,2-3,9H2,1H3,(H,14,16);/q;+1/p-1. The van der Waals surface area contributed by atoms with Crippen LogP contribution in [-0.2, 0) is 9.59 Å². The molecule has 1 saturated heterocycles. The van der Waals surface area contributed by atoms with Crippen molar-refractivity contribution >= 4 is 17.5 Å². The van der Waals surface area contributed by atoms with E-state index in [-0.39, 0.29) is 41.4 Å². The Labute approximate surface area is 129 Å². The van der Waals surface area contributed by atoms with Gasteiger partial charge in [0.05, 0.1) is 11.8 Å². The molecule has 1 aromatic carbocycles. The van der Waals surface area contributed by atoms with Crippen molar-refractivity contribution < 1.29 is 39.1 Å². The molecular formula is C13H15N2NaO2. The second-order valence-corrected chi connectivity index (χ2v) is 4.12. The molecule has 0 bridgehead atoms. The summed E-state index contributed by atoms with van der Waals surface area (Å²) in [5.74, 6) is -1.09. The molecule has 0 spiro atoms. The molecule has 1 atom stereocenters. The zero-order chi connectivity index (χ0) is 12.3. The van der Waals surface area contributed by atoms with Crippen LogP contribution in [0.1, 0.15) is 26.2 Å². The van der Waals surface area contributed by atoms with Gasteiger partial charge in [-0.3, -0.25) is 4.79 Å². The third-order valence-corrected chi connectivity index (χ3v) is 2.85. The van der Waals surface area contributed by atoms with Crippen LogP contribution in [0.4, 0.5) is 5.69 Å². The van der Waals surface area contributed by atoms with Crippen LogP contribution in [0, 0.1) is 5.92 Å². The van der Waals surface area contributed by atoms with Crippen LogP contribution in [-0.4, -0.2) is 11.8 Å². The second-order valence-electron chi connectivity index (χ2n) is 4.12. The normalized spacial score (nSPS) is 18.5. The second kappa shape index (κ2) is 6.92. The summed E-state index contributed by atoms with van der Waals surface area (Å²) in [7, 11) is 0. The van der Waals surface area contributed by atoms with Crippen molar-refractivity contribution in [3.05, 3.63) is 35.8 Å². The fourth-order valence-electron chi connectivity index (χ4n) is 1.88. The van der Waals surface area contributed by atoms with Gasteiger partial charge in [-0.05, 0) is 18.6 Å². The minimum Gasteiger partial charge on any atom is -0.556 e. The SMILES string of the molecule is CCCCC1C(=O)[N-]N(c2ccccc2)C1=O.[Na+]. The van der Waals surface area contributed by atoms with Crippen molar-refractivity contribution in [3.63, 3.8) is 0 Å². The summed E-state index contributed by atoms with van der Waals surface area (Å²) in [4.78, 5) is 23.7.